The van der Waals surface area contributed by atoms with Gasteiger partial charge in [0.25, 0.3) is 0 Å². The average Bonchev–Trinajstić information content (AvgIpc) is 2.54. The smallest absolute Gasteiger partial charge is 0.244 e. The van der Waals surface area contributed by atoms with E-state index in [1.807, 2.05) is 0 Å². The summed E-state index contributed by atoms with van der Waals surface area (Å²) < 4.78 is 5.06. The number of hydrogen-bond donors (Lipinski definition) is 1. The van der Waals surface area contributed by atoms with Crippen LogP contribution in [0.2, 0.25) is 5.02 Å². The Morgan fingerprint density at radius 3 is 2.35 bits per heavy atom. The van der Waals surface area contributed by atoms with Crippen LogP contribution >= 0.6 is 11.6 Å². The highest BCUT2D eigenvalue weighted by atomic mass is 35.5. The summed E-state index contributed by atoms with van der Waals surface area (Å²) in [5.74, 6) is 0.123. The van der Waals surface area contributed by atoms with Crippen molar-refractivity contribution < 1.29 is 14.3 Å². The van der Waals surface area contributed by atoms with Crippen molar-refractivity contribution in [3.8, 4) is 5.75 Å². The zero-order valence-corrected chi connectivity index (χ0v) is 13.6. The highest BCUT2D eigenvalue weighted by Crippen LogP contribution is 2.25. The van der Waals surface area contributed by atoms with E-state index in [2.05, 4.69) is 5.32 Å². The maximum atomic E-state index is 12.2. The summed E-state index contributed by atoms with van der Waals surface area (Å²) in [5.41, 5.74) is 1.13. The fraction of sp³-hybridized carbons (Fsp3) is 0.176. The molecule has 0 atom stereocenters. The molecule has 2 aromatic carbocycles. The molecule has 0 aliphatic rings. The molecule has 0 bridgehead atoms. The molecule has 0 aromatic heterocycles. The van der Waals surface area contributed by atoms with Gasteiger partial charge in [0.1, 0.15) is 12.3 Å². The molecule has 2 amide bonds. The second-order valence-corrected chi connectivity index (χ2v) is 5.24. The number of anilines is 2. The van der Waals surface area contributed by atoms with Crippen molar-refractivity contribution in [2.45, 2.75) is 6.92 Å². The van der Waals surface area contributed by atoms with Crippen molar-refractivity contribution in [2.24, 2.45) is 0 Å². The topological polar surface area (TPSA) is 58.6 Å². The first-order valence-electron chi connectivity index (χ1n) is 6.98. The molecule has 0 heterocycles. The summed E-state index contributed by atoms with van der Waals surface area (Å²) in [5, 5.41) is 3.15. The molecule has 0 unspecified atom stereocenters. The lowest BCUT2D eigenvalue weighted by Crippen LogP contribution is -2.36. The molecular weight excluding hydrogens is 316 g/mol. The van der Waals surface area contributed by atoms with Crippen LogP contribution in [0.5, 0.6) is 5.75 Å². The van der Waals surface area contributed by atoms with Crippen LogP contribution in [0.3, 0.4) is 0 Å². The number of benzene rings is 2. The fourth-order valence-electron chi connectivity index (χ4n) is 2.06. The Bertz CT molecular complexity index is 701. The van der Waals surface area contributed by atoms with Gasteiger partial charge in [-0.05, 0) is 36.4 Å². The standard InChI is InChI=1S/C17H17ClN2O3/c1-12(21)20(16-6-4-3-5-15(16)18)11-17(22)19-13-7-9-14(23-2)10-8-13/h3-10H,11H2,1-2H3,(H,19,22). The number of amides is 2. The largest absolute Gasteiger partial charge is 0.497 e. The van der Waals surface area contributed by atoms with Gasteiger partial charge in [0.2, 0.25) is 11.8 Å². The van der Waals surface area contributed by atoms with Gasteiger partial charge < -0.3 is 15.0 Å². The van der Waals surface area contributed by atoms with E-state index >= 15 is 0 Å². The monoisotopic (exact) mass is 332 g/mol. The number of carbonyl (C=O) groups excluding carboxylic acids is 2. The number of ether oxygens (including phenoxy) is 1. The van der Waals surface area contributed by atoms with Crippen LogP contribution in [0.25, 0.3) is 0 Å². The first-order chi connectivity index (χ1) is 11.0. The van der Waals surface area contributed by atoms with Gasteiger partial charge in [0, 0.05) is 12.6 Å². The molecule has 0 aliphatic carbocycles. The highest BCUT2D eigenvalue weighted by molar-refractivity contribution is 6.33. The van der Waals surface area contributed by atoms with E-state index in [1.54, 1.807) is 55.6 Å². The zero-order chi connectivity index (χ0) is 16.8. The Hall–Kier alpha value is -2.53. The minimum Gasteiger partial charge on any atom is -0.497 e. The van der Waals surface area contributed by atoms with Crippen LogP contribution in [0.4, 0.5) is 11.4 Å². The molecule has 0 aliphatic heterocycles. The van der Waals surface area contributed by atoms with Gasteiger partial charge in [0.15, 0.2) is 0 Å². The van der Waals surface area contributed by atoms with Crippen molar-refractivity contribution in [3.63, 3.8) is 0 Å². The van der Waals surface area contributed by atoms with Gasteiger partial charge in [-0.3, -0.25) is 9.59 Å². The van der Waals surface area contributed by atoms with E-state index in [1.165, 1.54) is 11.8 Å². The molecule has 2 rings (SSSR count). The lowest BCUT2D eigenvalue weighted by atomic mass is 10.2. The lowest BCUT2D eigenvalue weighted by molar-refractivity contribution is -0.120. The minimum atomic E-state index is -0.315. The summed E-state index contributed by atoms with van der Waals surface area (Å²) in [6, 6.07) is 13.8. The molecule has 1 N–H and O–H groups in total. The molecule has 0 saturated carbocycles. The second-order valence-electron chi connectivity index (χ2n) is 4.83. The molecule has 0 spiro atoms. The van der Waals surface area contributed by atoms with Gasteiger partial charge in [-0.15, -0.1) is 0 Å². The second kappa shape index (κ2) is 7.65. The van der Waals surface area contributed by atoms with E-state index in [4.69, 9.17) is 16.3 Å². The van der Waals surface area contributed by atoms with Crippen molar-refractivity contribution >= 4 is 34.8 Å². The average molecular weight is 333 g/mol. The molecule has 0 radical (unpaired) electrons. The third-order valence-electron chi connectivity index (χ3n) is 3.20. The summed E-state index contributed by atoms with van der Waals surface area (Å²) in [6.45, 7) is 1.27. The van der Waals surface area contributed by atoms with Gasteiger partial charge >= 0.3 is 0 Å². The first-order valence-corrected chi connectivity index (χ1v) is 7.35. The Balaban J connectivity index is 2.09. The summed E-state index contributed by atoms with van der Waals surface area (Å²) in [7, 11) is 1.57. The van der Waals surface area contributed by atoms with Gasteiger partial charge in [-0.1, -0.05) is 23.7 Å². The first kappa shape index (κ1) is 16.8. The van der Waals surface area contributed by atoms with E-state index in [-0.39, 0.29) is 18.4 Å². The van der Waals surface area contributed by atoms with E-state index < -0.39 is 0 Å². The molecule has 0 saturated heterocycles. The summed E-state index contributed by atoms with van der Waals surface area (Å²) >= 11 is 6.10. The van der Waals surface area contributed by atoms with Crippen LogP contribution < -0.4 is 15.0 Å². The molecule has 23 heavy (non-hydrogen) atoms. The van der Waals surface area contributed by atoms with Crippen LogP contribution in [0.15, 0.2) is 48.5 Å². The maximum Gasteiger partial charge on any atom is 0.244 e. The Morgan fingerprint density at radius 1 is 1.13 bits per heavy atom. The molecule has 6 heteroatoms. The SMILES string of the molecule is COc1ccc(NC(=O)CN(C(C)=O)c2ccccc2Cl)cc1. The highest BCUT2D eigenvalue weighted by Gasteiger charge is 2.18. The van der Waals surface area contributed by atoms with Crippen molar-refractivity contribution in [1.82, 2.24) is 0 Å². The molecular formula is C17H17ClN2O3. The van der Waals surface area contributed by atoms with Crippen LogP contribution in [0, 0.1) is 0 Å². The number of nitrogens with zero attached hydrogens (tertiary/aromatic N) is 1. The molecule has 0 fully saturated rings. The van der Waals surface area contributed by atoms with Gasteiger partial charge in [0.05, 0.1) is 17.8 Å². The fourth-order valence-corrected chi connectivity index (χ4v) is 2.29. The van der Waals surface area contributed by atoms with E-state index in [0.717, 1.165) is 0 Å². The number of rotatable bonds is 5. The Morgan fingerprint density at radius 2 is 1.78 bits per heavy atom. The lowest BCUT2D eigenvalue weighted by Gasteiger charge is -2.21. The number of hydrogen-bond acceptors (Lipinski definition) is 3. The van der Waals surface area contributed by atoms with E-state index in [0.29, 0.717) is 22.1 Å². The molecule has 120 valence electrons. The van der Waals surface area contributed by atoms with Gasteiger partial charge in [-0.25, -0.2) is 0 Å². The van der Waals surface area contributed by atoms with Gasteiger partial charge in [-0.2, -0.15) is 0 Å². The Kier molecular flexibility index (Phi) is 5.60. The van der Waals surface area contributed by atoms with Crippen LogP contribution in [-0.2, 0) is 9.59 Å². The van der Waals surface area contributed by atoms with Crippen molar-refractivity contribution in [3.05, 3.63) is 53.6 Å². The number of nitrogens with one attached hydrogen (secondary N) is 1. The quantitative estimate of drug-likeness (QED) is 0.913. The third kappa shape index (κ3) is 4.47. The predicted octanol–water partition coefficient (Wildman–Crippen LogP) is 3.34. The number of halogens is 1. The maximum absolute atomic E-state index is 12.2. The summed E-state index contributed by atoms with van der Waals surface area (Å²) in [4.78, 5) is 25.4. The number of para-hydroxylation sites is 1. The van der Waals surface area contributed by atoms with Crippen LogP contribution in [0.1, 0.15) is 6.92 Å². The van der Waals surface area contributed by atoms with Crippen molar-refractivity contribution in [2.75, 3.05) is 23.9 Å². The third-order valence-corrected chi connectivity index (χ3v) is 3.52. The Labute approximate surface area is 139 Å². The van der Waals surface area contributed by atoms with E-state index in [9.17, 15) is 9.59 Å². The number of methoxy groups -OCH3 is 1. The predicted molar refractivity (Wildman–Crippen MR) is 91.1 cm³/mol. The normalized spacial score (nSPS) is 10.0. The zero-order valence-electron chi connectivity index (χ0n) is 12.9. The van der Waals surface area contributed by atoms with Crippen LogP contribution in [-0.4, -0.2) is 25.5 Å². The molecule has 5 nitrogen and oxygen atoms in total. The summed E-state index contributed by atoms with van der Waals surface area (Å²) in [6.07, 6.45) is 0. The number of carbonyl (C=O) groups is 2. The molecule has 2 aromatic rings. The minimum absolute atomic E-state index is 0.120. The van der Waals surface area contributed by atoms with Crippen molar-refractivity contribution in [1.29, 1.82) is 0 Å².